The maximum atomic E-state index is 16.9. The van der Waals surface area contributed by atoms with Gasteiger partial charge in [0.2, 0.25) is 5.78 Å². The SMILES string of the molecule is CC(=O)OCC(=O)[C@@]1(O)CC[C@H]2[C@H]3CCC4=CC(=O)CC[C@]4(C)C3(F)[C@@H](O)C[C@@]21C. The van der Waals surface area contributed by atoms with Crippen molar-refractivity contribution >= 4 is 17.5 Å². The number of esters is 1. The molecule has 7 atom stereocenters. The predicted octanol–water partition coefficient (Wildman–Crippen LogP) is 2.44. The van der Waals surface area contributed by atoms with Gasteiger partial charge < -0.3 is 14.9 Å². The minimum atomic E-state index is -1.91. The summed E-state index contributed by atoms with van der Waals surface area (Å²) in [5.74, 6) is -1.99. The highest BCUT2D eigenvalue weighted by Gasteiger charge is 2.74. The van der Waals surface area contributed by atoms with E-state index in [1.807, 2.05) is 6.92 Å². The number of carbonyl (C=O) groups excluding carboxylic acids is 3. The highest BCUT2D eigenvalue weighted by Crippen LogP contribution is 2.70. The van der Waals surface area contributed by atoms with E-state index in [2.05, 4.69) is 0 Å². The lowest BCUT2D eigenvalue weighted by molar-refractivity contribution is -0.227. The first-order valence-electron chi connectivity index (χ1n) is 10.9. The molecule has 7 heteroatoms. The summed E-state index contributed by atoms with van der Waals surface area (Å²) in [6, 6.07) is 0. The van der Waals surface area contributed by atoms with Crippen LogP contribution in [0.1, 0.15) is 65.7 Å². The van der Waals surface area contributed by atoms with Crippen LogP contribution < -0.4 is 0 Å². The number of ketones is 2. The Kier molecular flexibility index (Phi) is 4.83. The molecule has 0 radical (unpaired) electrons. The van der Waals surface area contributed by atoms with Gasteiger partial charge in [0.25, 0.3) is 0 Å². The first kappa shape index (κ1) is 21.6. The molecule has 3 saturated carbocycles. The number of aliphatic hydroxyl groups is 2. The number of allylic oxidation sites excluding steroid dienone is 1. The van der Waals surface area contributed by atoms with Gasteiger partial charge in [0, 0.05) is 30.1 Å². The molecule has 0 aliphatic heterocycles. The second kappa shape index (κ2) is 6.70. The van der Waals surface area contributed by atoms with E-state index in [1.54, 1.807) is 13.0 Å². The van der Waals surface area contributed by atoms with E-state index in [1.165, 1.54) is 6.92 Å². The monoisotopic (exact) mass is 422 g/mol. The van der Waals surface area contributed by atoms with Gasteiger partial charge in [-0.2, -0.15) is 0 Å². The van der Waals surface area contributed by atoms with Crippen molar-refractivity contribution in [3.8, 4) is 0 Å². The Balaban J connectivity index is 1.71. The zero-order valence-corrected chi connectivity index (χ0v) is 17.9. The van der Waals surface area contributed by atoms with Gasteiger partial charge >= 0.3 is 5.97 Å². The van der Waals surface area contributed by atoms with Crippen molar-refractivity contribution in [1.82, 2.24) is 0 Å². The molecule has 1 unspecified atom stereocenters. The fraction of sp³-hybridized carbons (Fsp3) is 0.783. The third-order valence-corrected chi connectivity index (χ3v) is 9.06. The summed E-state index contributed by atoms with van der Waals surface area (Å²) in [7, 11) is 0. The number of hydrogen-bond donors (Lipinski definition) is 2. The third-order valence-electron chi connectivity index (χ3n) is 9.06. The summed E-state index contributed by atoms with van der Waals surface area (Å²) in [6.45, 7) is 4.25. The van der Waals surface area contributed by atoms with Crippen molar-refractivity contribution in [2.24, 2.45) is 22.7 Å². The molecule has 0 aromatic carbocycles. The van der Waals surface area contributed by atoms with Gasteiger partial charge in [-0.15, -0.1) is 0 Å². The molecule has 3 fully saturated rings. The van der Waals surface area contributed by atoms with E-state index in [4.69, 9.17) is 4.74 Å². The first-order valence-corrected chi connectivity index (χ1v) is 10.9. The average molecular weight is 422 g/mol. The van der Waals surface area contributed by atoms with E-state index in [-0.39, 0.29) is 31.0 Å². The van der Waals surface area contributed by atoms with Gasteiger partial charge in [0.15, 0.2) is 12.4 Å². The van der Waals surface area contributed by atoms with Crippen LogP contribution in [0.25, 0.3) is 0 Å². The zero-order chi connectivity index (χ0) is 22.1. The Morgan fingerprint density at radius 2 is 1.90 bits per heavy atom. The number of rotatable bonds is 3. The lowest BCUT2D eigenvalue weighted by Crippen LogP contribution is -2.69. The normalized spacial score (nSPS) is 47.6. The van der Waals surface area contributed by atoms with Gasteiger partial charge in [-0.1, -0.05) is 19.4 Å². The van der Waals surface area contributed by atoms with Crippen LogP contribution in [0.15, 0.2) is 11.6 Å². The van der Waals surface area contributed by atoms with Gasteiger partial charge in [-0.05, 0) is 50.5 Å². The maximum Gasteiger partial charge on any atom is 0.303 e. The molecule has 0 saturated heterocycles. The van der Waals surface area contributed by atoms with Gasteiger partial charge in [-0.25, -0.2) is 4.39 Å². The topological polar surface area (TPSA) is 101 Å². The first-order chi connectivity index (χ1) is 13.9. The number of alkyl halides is 1. The highest BCUT2D eigenvalue weighted by molar-refractivity contribution is 5.92. The standard InChI is InChI=1S/C23H31FO6/c1-13(25)30-12-19(28)22(29)9-7-16-17-5-4-14-10-15(26)6-8-20(14,2)23(17,24)18(27)11-21(16,22)3/h10,16-18,27,29H,4-9,11-12H2,1-3H3/t16-,17+,18-,20-,21-,22-,23?/m0/s1. The molecular formula is C23H31FO6. The van der Waals surface area contributed by atoms with E-state index in [0.29, 0.717) is 25.7 Å². The molecule has 30 heavy (non-hydrogen) atoms. The fourth-order valence-corrected chi connectivity index (χ4v) is 7.32. The fourth-order valence-electron chi connectivity index (χ4n) is 7.32. The summed E-state index contributed by atoms with van der Waals surface area (Å²) >= 11 is 0. The lowest BCUT2D eigenvalue weighted by Gasteiger charge is -2.63. The Bertz CT molecular complexity index is 838. The molecule has 0 heterocycles. The molecule has 0 aromatic heterocycles. The summed E-state index contributed by atoms with van der Waals surface area (Å²) in [5.41, 5.74) is -4.83. The van der Waals surface area contributed by atoms with E-state index >= 15 is 4.39 Å². The molecular weight excluding hydrogens is 391 g/mol. The summed E-state index contributed by atoms with van der Waals surface area (Å²) in [5, 5.41) is 22.6. The molecule has 2 N–H and O–H groups in total. The third kappa shape index (κ3) is 2.57. The molecule has 0 spiro atoms. The van der Waals surface area contributed by atoms with Crippen LogP contribution in [0.4, 0.5) is 4.39 Å². The summed E-state index contributed by atoms with van der Waals surface area (Å²) in [6.07, 6.45) is 2.45. The van der Waals surface area contributed by atoms with E-state index in [0.717, 1.165) is 5.57 Å². The van der Waals surface area contributed by atoms with Crippen molar-refractivity contribution in [2.45, 2.75) is 83.1 Å². The van der Waals surface area contributed by atoms with Crippen molar-refractivity contribution in [3.05, 3.63) is 11.6 Å². The Hall–Kier alpha value is -1.60. The van der Waals surface area contributed by atoms with Crippen LogP contribution in [-0.2, 0) is 19.1 Å². The number of carbonyl (C=O) groups is 3. The van der Waals surface area contributed by atoms with E-state index < -0.39 is 52.5 Å². The zero-order valence-electron chi connectivity index (χ0n) is 17.9. The van der Waals surface area contributed by atoms with Crippen LogP contribution in [0.2, 0.25) is 0 Å². The molecule has 4 aliphatic rings. The van der Waals surface area contributed by atoms with Crippen LogP contribution >= 0.6 is 0 Å². The van der Waals surface area contributed by atoms with Crippen LogP contribution in [0.3, 0.4) is 0 Å². The Morgan fingerprint density at radius 3 is 2.57 bits per heavy atom. The van der Waals surface area contributed by atoms with Crippen LogP contribution in [0.5, 0.6) is 0 Å². The molecule has 4 rings (SSSR count). The molecule has 6 nitrogen and oxygen atoms in total. The second-order valence-corrected chi connectivity index (χ2v) is 10.2. The number of fused-ring (bicyclic) bond motifs is 5. The highest BCUT2D eigenvalue weighted by atomic mass is 19.1. The molecule has 0 bridgehead atoms. The Labute approximate surface area is 175 Å². The second-order valence-electron chi connectivity index (χ2n) is 10.2. The molecule has 4 aliphatic carbocycles. The number of hydrogen-bond acceptors (Lipinski definition) is 6. The predicted molar refractivity (Wildman–Crippen MR) is 105 cm³/mol. The van der Waals surface area contributed by atoms with Crippen LogP contribution in [0, 0.1) is 22.7 Å². The maximum absolute atomic E-state index is 16.9. The van der Waals surface area contributed by atoms with Crippen molar-refractivity contribution < 1.29 is 33.7 Å². The molecule has 0 aromatic rings. The largest absolute Gasteiger partial charge is 0.458 e. The van der Waals surface area contributed by atoms with E-state index in [9.17, 15) is 24.6 Å². The molecule has 0 amide bonds. The van der Waals surface area contributed by atoms with Crippen molar-refractivity contribution in [1.29, 1.82) is 0 Å². The number of aliphatic hydroxyl groups excluding tert-OH is 1. The number of ether oxygens (including phenoxy) is 1. The average Bonchev–Trinajstić information content (AvgIpc) is 2.94. The van der Waals surface area contributed by atoms with Gasteiger partial charge in [0.05, 0.1) is 6.10 Å². The summed E-state index contributed by atoms with van der Waals surface area (Å²) < 4.78 is 21.8. The van der Waals surface area contributed by atoms with Gasteiger partial charge in [0.1, 0.15) is 11.3 Å². The quantitative estimate of drug-likeness (QED) is 0.678. The smallest absolute Gasteiger partial charge is 0.303 e. The number of Topliss-reactive ketones (excluding diaryl/α,β-unsaturated/α-hetero) is 1. The minimum absolute atomic E-state index is 0.00553. The number of halogens is 1. The van der Waals surface area contributed by atoms with Crippen LogP contribution in [-0.4, -0.2) is 51.7 Å². The summed E-state index contributed by atoms with van der Waals surface area (Å²) in [4.78, 5) is 35.9. The molecule has 166 valence electrons. The van der Waals surface area contributed by atoms with Crippen molar-refractivity contribution in [3.63, 3.8) is 0 Å². The minimum Gasteiger partial charge on any atom is -0.458 e. The van der Waals surface area contributed by atoms with Gasteiger partial charge in [-0.3, -0.25) is 14.4 Å². The lowest BCUT2D eigenvalue weighted by atomic mass is 9.44. The van der Waals surface area contributed by atoms with Crippen molar-refractivity contribution in [2.75, 3.05) is 6.61 Å². The Morgan fingerprint density at radius 1 is 1.20 bits per heavy atom.